The first-order chi connectivity index (χ1) is 14.1. The number of nitrogens with zero attached hydrogens (tertiary/aromatic N) is 3. The van der Waals surface area contributed by atoms with Crippen LogP contribution in [0.25, 0.3) is 10.2 Å². The van der Waals surface area contributed by atoms with Crippen LogP contribution in [0, 0.1) is 5.82 Å². The Morgan fingerprint density at radius 1 is 1.00 bits per heavy atom. The predicted molar refractivity (Wildman–Crippen MR) is 110 cm³/mol. The molecule has 2 saturated heterocycles. The number of para-hydroxylation sites is 2. The molecule has 1 atom stereocenters. The third-order valence-corrected chi connectivity index (χ3v) is 7.05. The van der Waals surface area contributed by atoms with E-state index in [-0.39, 0.29) is 23.9 Å². The summed E-state index contributed by atoms with van der Waals surface area (Å²) >= 11 is 1.74. The Labute approximate surface area is 171 Å². The van der Waals surface area contributed by atoms with Crippen LogP contribution in [0.1, 0.15) is 30.2 Å². The SMILES string of the molecule is O=C1CC(N2CCC(c3nc4ccccc4s3)CC2)C(=O)N1c1ccccc1F. The number of likely N-dealkylation sites (tertiary alicyclic amines) is 1. The molecule has 0 spiro atoms. The fraction of sp³-hybridized carbons (Fsp3) is 0.318. The topological polar surface area (TPSA) is 53.5 Å². The maximum atomic E-state index is 14.1. The average molecular weight is 409 g/mol. The number of halogens is 1. The van der Waals surface area contributed by atoms with Gasteiger partial charge in [-0.2, -0.15) is 0 Å². The number of piperidine rings is 1. The van der Waals surface area contributed by atoms with Gasteiger partial charge in [0.1, 0.15) is 5.82 Å². The highest BCUT2D eigenvalue weighted by atomic mass is 32.1. The number of anilines is 1. The molecule has 2 fully saturated rings. The summed E-state index contributed by atoms with van der Waals surface area (Å²) in [6.45, 7) is 1.46. The van der Waals surface area contributed by atoms with Crippen molar-refractivity contribution in [1.82, 2.24) is 9.88 Å². The molecule has 0 N–H and O–H groups in total. The molecule has 5 rings (SSSR count). The Kier molecular flexibility index (Phi) is 4.64. The van der Waals surface area contributed by atoms with Gasteiger partial charge in [-0.05, 0) is 50.2 Å². The van der Waals surface area contributed by atoms with Crippen molar-refractivity contribution in [1.29, 1.82) is 0 Å². The summed E-state index contributed by atoms with van der Waals surface area (Å²) in [5.74, 6) is -0.833. The van der Waals surface area contributed by atoms with Gasteiger partial charge in [0, 0.05) is 5.92 Å². The standard InChI is InChI=1S/C22H20FN3O2S/c23-15-5-1-3-7-17(15)26-20(27)13-18(22(26)28)25-11-9-14(10-12-25)21-24-16-6-2-4-8-19(16)29-21/h1-8,14,18H,9-13H2. The number of carbonyl (C=O) groups is 2. The number of fused-ring (bicyclic) bond motifs is 1. The van der Waals surface area contributed by atoms with E-state index < -0.39 is 11.9 Å². The highest BCUT2D eigenvalue weighted by molar-refractivity contribution is 7.18. The maximum Gasteiger partial charge on any atom is 0.251 e. The number of hydrogen-bond donors (Lipinski definition) is 0. The highest BCUT2D eigenvalue weighted by Crippen LogP contribution is 2.36. The summed E-state index contributed by atoms with van der Waals surface area (Å²) in [7, 11) is 0. The number of hydrogen-bond acceptors (Lipinski definition) is 5. The van der Waals surface area contributed by atoms with E-state index in [1.54, 1.807) is 23.5 Å². The fourth-order valence-corrected chi connectivity index (χ4v) is 5.45. The lowest BCUT2D eigenvalue weighted by Crippen LogP contribution is -2.45. The van der Waals surface area contributed by atoms with Crippen molar-refractivity contribution in [2.45, 2.75) is 31.2 Å². The molecule has 0 aliphatic carbocycles. The number of amides is 2. The van der Waals surface area contributed by atoms with Gasteiger partial charge in [0.2, 0.25) is 5.91 Å². The molecular formula is C22H20FN3O2S. The number of aromatic nitrogens is 1. The Morgan fingerprint density at radius 3 is 2.48 bits per heavy atom. The number of thiazole rings is 1. The maximum absolute atomic E-state index is 14.1. The van der Waals surface area contributed by atoms with E-state index in [0.29, 0.717) is 5.92 Å². The average Bonchev–Trinajstić information content (AvgIpc) is 3.30. The lowest BCUT2D eigenvalue weighted by atomic mass is 9.96. The Hall–Kier alpha value is -2.64. The van der Waals surface area contributed by atoms with Crippen LogP contribution in [0.15, 0.2) is 48.5 Å². The molecule has 2 amide bonds. The molecule has 0 radical (unpaired) electrons. The van der Waals surface area contributed by atoms with Crippen molar-refractivity contribution in [3.05, 3.63) is 59.4 Å². The Balaban J connectivity index is 1.29. The van der Waals surface area contributed by atoms with Gasteiger partial charge in [-0.1, -0.05) is 24.3 Å². The summed E-state index contributed by atoms with van der Waals surface area (Å²) in [4.78, 5) is 33.3. The van der Waals surface area contributed by atoms with E-state index in [4.69, 9.17) is 4.98 Å². The summed E-state index contributed by atoms with van der Waals surface area (Å²) in [5.41, 5.74) is 1.08. The highest BCUT2D eigenvalue weighted by Gasteiger charge is 2.44. The molecular weight excluding hydrogens is 389 g/mol. The molecule has 5 nitrogen and oxygen atoms in total. The number of rotatable bonds is 3. The van der Waals surface area contributed by atoms with Crippen LogP contribution in [0.3, 0.4) is 0 Å². The van der Waals surface area contributed by atoms with Crippen LogP contribution in [-0.2, 0) is 9.59 Å². The summed E-state index contributed by atoms with van der Waals surface area (Å²) in [5, 5.41) is 1.15. The van der Waals surface area contributed by atoms with Crippen molar-refractivity contribution >= 4 is 39.1 Å². The van der Waals surface area contributed by atoms with E-state index in [1.807, 2.05) is 18.2 Å². The second-order valence-corrected chi connectivity index (χ2v) is 8.63. The van der Waals surface area contributed by atoms with Gasteiger partial charge in [-0.3, -0.25) is 14.5 Å². The van der Waals surface area contributed by atoms with Crippen molar-refractivity contribution in [3.63, 3.8) is 0 Å². The lowest BCUT2D eigenvalue weighted by Gasteiger charge is -2.34. The minimum atomic E-state index is -0.551. The summed E-state index contributed by atoms with van der Waals surface area (Å²) in [6, 6.07) is 13.6. The number of imide groups is 1. The van der Waals surface area contributed by atoms with Gasteiger partial charge in [-0.15, -0.1) is 11.3 Å². The van der Waals surface area contributed by atoms with Gasteiger partial charge in [-0.25, -0.2) is 14.3 Å². The third-order valence-electron chi connectivity index (χ3n) is 5.85. The zero-order valence-electron chi connectivity index (χ0n) is 15.8. The second-order valence-electron chi connectivity index (χ2n) is 7.57. The van der Waals surface area contributed by atoms with Crippen molar-refractivity contribution < 1.29 is 14.0 Å². The molecule has 1 aromatic heterocycles. The molecule has 3 aromatic rings. The van der Waals surface area contributed by atoms with Crippen LogP contribution in [-0.4, -0.2) is 40.8 Å². The molecule has 1 unspecified atom stereocenters. The fourth-order valence-electron chi connectivity index (χ4n) is 4.31. The summed E-state index contributed by atoms with van der Waals surface area (Å²) < 4.78 is 15.3. The van der Waals surface area contributed by atoms with E-state index in [2.05, 4.69) is 11.0 Å². The molecule has 148 valence electrons. The molecule has 2 aliphatic rings. The number of benzene rings is 2. The Bertz CT molecular complexity index is 1060. The molecule has 7 heteroatoms. The van der Waals surface area contributed by atoms with Crippen molar-refractivity contribution in [3.8, 4) is 0 Å². The lowest BCUT2D eigenvalue weighted by molar-refractivity contribution is -0.123. The smallest absolute Gasteiger partial charge is 0.251 e. The molecule has 3 heterocycles. The van der Waals surface area contributed by atoms with Gasteiger partial charge >= 0.3 is 0 Å². The predicted octanol–water partition coefficient (Wildman–Crippen LogP) is 3.95. The normalized spacial score (nSPS) is 21.4. The minimum Gasteiger partial charge on any atom is -0.291 e. The quantitative estimate of drug-likeness (QED) is 0.615. The van der Waals surface area contributed by atoms with Gasteiger partial charge in [0.25, 0.3) is 5.91 Å². The second kappa shape index (κ2) is 7.31. The third kappa shape index (κ3) is 3.24. The molecule has 0 saturated carbocycles. The van der Waals surface area contributed by atoms with Crippen molar-refractivity contribution in [2.75, 3.05) is 18.0 Å². The first-order valence-electron chi connectivity index (χ1n) is 9.82. The van der Waals surface area contributed by atoms with Crippen molar-refractivity contribution in [2.24, 2.45) is 0 Å². The van der Waals surface area contributed by atoms with Crippen LogP contribution in [0.2, 0.25) is 0 Å². The minimum absolute atomic E-state index is 0.0503. The number of carbonyl (C=O) groups excluding carboxylic acids is 2. The monoisotopic (exact) mass is 409 g/mol. The van der Waals surface area contributed by atoms with Crippen LogP contribution in [0.4, 0.5) is 10.1 Å². The molecule has 0 bridgehead atoms. The van der Waals surface area contributed by atoms with Gasteiger partial charge in [0.05, 0.1) is 33.4 Å². The first kappa shape index (κ1) is 18.4. The largest absolute Gasteiger partial charge is 0.291 e. The molecule has 2 aliphatic heterocycles. The van der Waals surface area contributed by atoms with Crippen LogP contribution >= 0.6 is 11.3 Å². The Morgan fingerprint density at radius 2 is 1.72 bits per heavy atom. The van der Waals surface area contributed by atoms with Crippen LogP contribution < -0.4 is 4.90 Å². The van der Waals surface area contributed by atoms with Gasteiger partial charge in [0.15, 0.2) is 0 Å². The zero-order chi connectivity index (χ0) is 20.0. The molecule has 29 heavy (non-hydrogen) atoms. The van der Waals surface area contributed by atoms with E-state index in [9.17, 15) is 14.0 Å². The van der Waals surface area contributed by atoms with E-state index in [0.717, 1.165) is 41.4 Å². The van der Waals surface area contributed by atoms with Gasteiger partial charge < -0.3 is 0 Å². The van der Waals surface area contributed by atoms with Crippen LogP contribution in [0.5, 0.6) is 0 Å². The first-order valence-corrected chi connectivity index (χ1v) is 10.6. The summed E-state index contributed by atoms with van der Waals surface area (Å²) in [6.07, 6.45) is 1.91. The van der Waals surface area contributed by atoms with E-state index in [1.165, 1.54) is 16.8 Å². The molecule has 2 aromatic carbocycles. The van der Waals surface area contributed by atoms with E-state index >= 15 is 0 Å². The zero-order valence-corrected chi connectivity index (χ0v) is 16.6.